The maximum atomic E-state index is 11.9. The first-order chi connectivity index (χ1) is 9.72. The highest BCUT2D eigenvalue weighted by Gasteiger charge is 2.18. The number of rotatable bonds is 3. The summed E-state index contributed by atoms with van der Waals surface area (Å²) in [6.07, 6.45) is 0.648. The largest absolute Gasteiger partial charge is 0.344 e. The predicted molar refractivity (Wildman–Crippen MR) is 72.8 cm³/mol. The van der Waals surface area contributed by atoms with E-state index in [1.165, 1.54) is 0 Å². The highest BCUT2D eigenvalue weighted by atomic mass is 16.2. The van der Waals surface area contributed by atoms with Crippen molar-refractivity contribution in [2.45, 2.75) is 19.4 Å². The standard InChI is InChI=1S/C13H13N5O2/c19-12-6-5-10(17-18-12)13(20)14-7-11-15-8-3-1-2-4-9(8)16-11/h1-4H,5-7H2,(H,14,20)(H,15,16)(H,18,19). The number of hydrogen-bond acceptors (Lipinski definition) is 4. The minimum absolute atomic E-state index is 0.168. The van der Waals surface area contributed by atoms with Crippen LogP contribution in [0.1, 0.15) is 18.7 Å². The lowest BCUT2D eigenvalue weighted by Crippen LogP contribution is -2.36. The lowest BCUT2D eigenvalue weighted by atomic mass is 10.1. The highest BCUT2D eigenvalue weighted by Crippen LogP contribution is 2.10. The summed E-state index contributed by atoms with van der Waals surface area (Å²) in [7, 11) is 0. The number of amides is 2. The summed E-state index contributed by atoms with van der Waals surface area (Å²) in [5, 5.41) is 6.47. The van der Waals surface area contributed by atoms with Gasteiger partial charge in [0.05, 0.1) is 17.6 Å². The Morgan fingerprint density at radius 3 is 2.90 bits per heavy atom. The number of nitrogens with zero attached hydrogens (tertiary/aromatic N) is 2. The predicted octanol–water partition coefficient (Wildman–Crippen LogP) is 0.445. The maximum absolute atomic E-state index is 11.9. The summed E-state index contributed by atoms with van der Waals surface area (Å²) in [6.45, 7) is 0.292. The van der Waals surface area contributed by atoms with E-state index in [0.29, 0.717) is 24.5 Å². The van der Waals surface area contributed by atoms with Gasteiger partial charge >= 0.3 is 0 Å². The monoisotopic (exact) mass is 271 g/mol. The van der Waals surface area contributed by atoms with Crippen molar-refractivity contribution in [3.63, 3.8) is 0 Å². The smallest absolute Gasteiger partial charge is 0.267 e. The van der Waals surface area contributed by atoms with E-state index in [4.69, 9.17) is 0 Å². The fraction of sp³-hybridized carbons (Fsp3) is 0.231. The molecule has 3 N–H and O–H groups in total. The molecule has 2 heterocycles. The molecule has 0 unspecified atom stereocenters. The molecule has 7 nitrogen and oxygen atoms in total. The Hall–Kier alpha value is -2.70. The van der Waals surface area contributed by atoms with Gasteiger partial charge < -0.3 is 10.3 Å². The van der Waals surface area contributed by atoms with Crippen LogP contribution in [0.15, 0.2) is 29.4 Å². The van der Waals surface area contributed by atoms with Gasteiger partial charge in [-0.25, -0.2) is 10.4 Å². The number of H-pyrrole nitrogens is 1. The average molecular weight is 271 g/mol. The number of para-hydroxylation sites is 2. The van der Waals surface area contributed by atoms with E-state index < -0.39 is 0 Å². The Bertz CT molecular complexity index is 671. The van der Waals surface area contributed by atoms with Crippen LogP contribution in [0.5, 0.6) is 0 Å². The fourth-order valence-electron chi connectivity index (χ4n) is 1.99. The average Bonchev–Trinajstić information content (AvgIpc) is 2.88. The molecule has 1 aliphatic rings. The number of nitrogens with one attached hydrogen (secondary N) is 3. The van der Waals surface area contributed by atoms with Crippen LogP contribution in [0.2, 0.25) is 0 Å². The SMILES string of the molecule is O=C1CCC(C(=O)NCc2nc3ccccc3[nH]2)=NN1. The van der Waals surface area contributed by atoms with Gasteiger partial charge in [0.2, 0.25) is 5.91 Å². The van der Waals surface area contributed by atoms with Gasteiger partial charge in [-0.05, 0) is 12.1 Å². The molecule has 1 aliphatic heterocycles. The number of hydrazone groups is 1. The molecule has 1 aromatic heterocycles. The molecule has 0 spiro atoms. The van der Waals surface area contributed by atoms with Crippen LogP contribution in [-0.2, 0) is 16.1 Å². The van der Waals surface area contributed by atoms with E-state index in [0.717, 1.165) is 11.0 Å². The van der Waals surface area contributed by atoms with Gasteiger partial charge in [-0.2, -0.15) is 5.10 Å². The van der Waals surface area contributed by atoms with Gasteiger partial charge in [0, 0.05) is 12.8 Å². The van der Waals surface area contributed by atoms with E-state index in [2.05, 4.69) is 25.8 Å². The van der Waals surface area contributed by atoms with Crippen LogP contribution in [0, 0.1) is 0 Å². The number of hydrogen-bond donors (Lipinski definition) is 3. The van der Waals surface area contributed by atoms with Crippen LogP contribution in [0.3, 0.4) is 0 Å². The van der Waals surface area contributed by atoms with Crippen molar-refractivity contribution in [2.75, 3.05) is 0 Å². The molecule has 3 rings (SSSR count). The van der Waals surface area contributed by atoms with Crippen molar-refractivity contribution < 1.29 is 9.59 Å². The van der Waals surface area contributed by atoms with E-state index in [-0.39, 0.29) is 18.2 Å². The number of imidazole rings is 1. The maximum Gasteiger partial charge on any atom is 0.267 e. The van der Waals surface area contributed by atoms with E-state index >= 15 is 0 Å². The Labute approximate surface area is 114 Å². The number of benzene rings is 1. The molecule has 2 amide bonds. The quantitative estimate of drug-likeness (QED) is 0.755. The molecule has 0 aliphatic carbocycles. The normalized spacial score (nSPS) is 14.8. The molecule has 0 radical (unpaired) electrons. The molecule has 0 fully saturated rings. The van der Waals surface area contributed by atoms with E-state index in [9.17, 15) is 9.59 Å². The zero-order valence-corrected chi connectivity index (χ0v) is 10.6. The summed E-state index contributed by atoms with van der Waals surface area (Å²) in [4.78, 5) is 30.3. The minimum Gasteiger partial charge on any atom is -0.344 e. The molecule has 0 atom stereocenters. The topological polar surface area (TPSA) is 99.2 Å². The Morgan fingerprint density at radius 2 is 2.15 bits per heavy atom. The molecule has 2 aromatic rings. The van der Waals surface area contributed by atoms with E-state index in [1.807, 2.05) is 24.3 Å². The Balaban J connectivity index is 1.64. The molecule has 7 heteroatoms. The van der Waals surface area contributed by atoms with Crippen molar-refractivity contribution in [2.24, 2.45) is 5.10 Å². The lowest BCUT2D eigenvalue weighted by molar-refractivity contribution is -0.121. The van der Waals surface area contributed by atoms with Crippen molar-refractivity contribution in [1.82, 2.24) is 20.7 Å². The second-order valence-corrected chi connectivity index (χ2v) is 4.48. The molecule has 0 bridgehead atoms. The van der Waals surface area contributed by atoms with Crippen LogP contribution in [0.4, 0.5) is 0 Å². The number of carbonyl (C=O) groups is 2. The van der Waals surface area contributed by atoms with Crippen molar-refractivity contribution in [3.05, 3.63) is 30.1 Å². The van der Waals surface area contributed by atoms with Gasteiger partial charge in [-0.15, -0.1) is 0 Å². The van der Waals surface area contributed by atoms with Gasteiger partial charge in [0.1, 0.15) is 11.5 Å². The van der Waals surface area contributed by atoms with Gasteiger partial charge in [0.15, 0.2) is 0 Å². The third kappa shape index (κ3) is 2.51. The van der Waals surface area contributed by atoms with Crippen molar-refractivity contribution in [1.29, 1.82) is 0 Å². The zero-order valence-electron chi connectivity index (χ0n) is 10.6. The van der Waals surface area contributed by atoms with Crippen molar-refractivity contribution >= 4 is 28.6 Å². The van der Waals surface area contributed by atoms with E-state index in [1.54, 1.807) is 0 Å². The first kappa shape index (κ1) is 12.3. The number of aromatic nitrogens is 2. The van der Waals surface area contributed by atoms with Crippen molar-refractivity contribution in [3.8, 4) is 0 Å². The summed E-state index contributed by atoms with van der Waals surface area (Å²) in [6, 6.07) is 7.65. The Morgan fingerprint density at radius 1 is 1.30 bits per heavy atom. The fourth-order valence-corrected chi connectivity index (χ4v) is 1.99. The molecule has 20 heavy (non-hydrogen) atoms. The summed E-state index contributed by atoms with van der Waals surface area (Å²) >= 11 is 0. The van der Waals surface area contributed by atoms with Crippen LogP contribution in [0.25, 0.3) is 11.0 Å². The second-order valence-electron chi connectivity index (χ2n) is 4.48. The van der Waals surface area contributed by atoms with Gasteiger partial charge in [0.25, 0.3) is 5.91 Å². The van der Waals surface area contributed by atoms with Crippen LogP contribution >= 0.6 is 0 Å². The third-order valence-electron chi connectivity index (χ3n) is 3.02. The van der Waals surface area contributed by atoms with Crippen LogP contribution in [-0.4, -0.2) is 27.5 Å². The molecule has 0 saturated carbocycles. The third-order valence-corrected chi connectivity index (χ3v) is 3.02. The molecule has 1 aromatic carbocycles. The molecule has 102 valence electrons. The number of aromatic amines is 1. The summed E-state index contributed by atoms with van der Waals surface area (Å²) in [5.41, 5.74) is 4.42. The molecular formula is C13H13N5O2. The second kappa shape index (κ2) is 5.12. The first-order valence-corrected chi connectivity index (χ1v) is 6.29. The zero-order chi connectivity index (χ0) is 13.9. The molecular weight excluding hydrogens is 258 g/mol. The molecule has 0 saturated heterocycles. The number of carbonyl (C=O) groups excluding carboxylic acids is 2. The van der Waals surface area contributed by atoms with Crippen LogP contribution < -0.4 is 10.7 Å². The Kier molecular flexibility index (Phi) is 3.16. The highest BCUT2D eigenvalue weighted by molar-refractivity contribution is 6.39. The minimum atomic E-state index is -0.287. The van der Waals surface area contributed by atoms with Gasteiger partial charge in [-0.1, -0.05) is 12.1 Å². The number of fused-ring (bicyclic) bond motifs is 1. The van der Waals surface area contributed by atoms with Gasteiger partial charge in [-0.3, -0.25) is 9.59 Å². The lowest BCUT2D eigenvalue weighted by Gasteiger charge is -2.11. The summed E-state index contributed by atoms with van der Waals surface area (Å²) < 4.78 is 0. The first-order valence-electron chi connectivity index (χ1n) is 6.29. The summed E-state index contributed by atoms with van der Waals surface area (Å²) in [5.74, 6) is 0.226.